The van der Waals surface area contributed by atoms with Gasteiger partial charge < -0.3 is 9.47 Å². The third-order valence-electron chi connectivity index (χ3n) is 6.64. The minimum Gasteiger partial charge on any atom is -0.457 e. The van der Waals surface area contributed by atoms with E-state index >= 15 is 0 Å². The molecule has 27 heavy (non-hydrogen) atoms. The van der Waals surface area contributed by atoms with Gasteiger partial charge in [-0.15, -0.1) is 0 Å². The van der Waals surface area contributed by atoms with Gasteiger partial charge in [0.15, 0.2) is 0 Å². The average Bonchev–Trinajstić information content (AvgIpc) is 2.58. The van der Waals surface area contributed by atoms with Gasteiger partial charge in [-0.1, -0.05) is 6.07 Å². The normalized spacial score (nSPS) is 32.3. The van der Waals surface area contributed by atoms with E-state index in [9.17, 15) is 14.4 Å². The first kappa shape index (κ1) is 18.2. The van der Waals surface area contributed by atoms with Crippen molar-refractivity contribution >= 4 is 17.7 Å². The summed E-state index contributed by atoms with van der Waals surface area (Å²) in [6.45, 7) is 3.65. The summed E-state index contributed by atoms with van der Waals surface area (Å²) >= 11 is 0. The van der Waals surface area contributed by atoms with Gasteiger partial charge in [0.2, 0.25) is 0 Å². The molecule has 2 fully saturated rings. The highest BCUT2D eigenvalue weighted by Crippen LogP contribution is 2.59. The van der Waals surface area contributed by atoms with Gasteiger partial charge in [0, 0.05) is 32.1 Å². The molecule has 2 bridgehead atoms. The molecule has 144 valence electrons. The number of likely N-dealkylation sites (tertiary alicyclic amines) is 1. The monoisotopic (exact) mass is 371 g/mol. The van der Waals surface area contributed by atoms with E-state index in [1.165, 1.54) is 13.8 Å². The van der Waals surface area contributed by atoms with Crippen LogP contribution in [0.5, 0.6) is 5.75 Å². The molecule has 2 aliphatic carbocycles. The Hall–Kier alpha value is -2.21. The summed E-state index contributed by atoms with van der Waals surface area (Å²) in [4.78, 5) is 38.4. The number of fused-ring (bicyclic) bond motifs is 1. The van der Waals surface area contributed by atoms with Gasteiger partial charge >= 0.3 is 11.9 Å². The number of benzene rings is 1. The van der Waals surface area contributed by atoms with Crippen LogP contribution in [-0.2, 0) is 31.0 Å². The van der Waals surface area contributed by atoms with E-state index < -0.39 is 11.0 Å². The van der Waals surface area contributed by atoms with E-state index in [2.05, 4.69) is 11.9 Å². The molecule has 0 radical (unpaired) electrons. The molecule has 0 amide bonds. The van der Waals surface area contributed by atoms with Gasteiger partial charge in [0.25, 0.3) is 0 Å². The van der Waals surface area contributed by atoms with Crippen LogP contribution in [0.1, 0.15) is 50.7 Å². The molecule has 1 saturated carbocycles. The Balaban J connectivity index is 1.93. The van der Waals surface area contributed by atoms with E-state index in [-0.39, 0.29) is 23.8 Å². The van der Waals surface area contributed by atoms with Crippen molar-refractivity contribution in [2.75, 3.05) is 13.6 Å². The first-order valence-corrected chi connectivity index (χ1v) is 9.51. The van der Waals surface area contributed by atoms with Gasteiger partial charge in [-0.3, -0.25) is 19.3 Å². The second-order valence-electron chi connectivity index (χ2n) is 8.14. The Morgan fingerprint density at radius 2 is 1.96 bits per heavy atom. The molecule has 1 aromatic carbocycles. The Morgan fingerprint density at radius 3 is 2.67 bits per heavy atom. The molecule has 3 atom stereocenters. The number of carbonyl (C=O) groups is 3. The molecule has 0 aromatic heterocycles. The van der Waals surface area contributed by atoms with E-state index in [0.29, 0.717) is 25.0 Å². The molecular weight excluding hydrogens is 346 g/mol. The molecule has 1 unspecified atom stereocenters. The number of nitrogens with zero attached hydrogens (tertiary/aromatic N) is 1. The number of hydrogen-bond donors (Lipinski definition) is 0. The lowest BCUT2D eigenvalue weighted by atomic mass is 9.49. The summed E-state index contributed by atoms with van der Waals surface area (Å²) < 4.78 is 11.4. The van der Waals surface area contributed by atoms with Crippen molar-refractivity contribution in [3.05, 3.63) is 29.3 Å². The van der Waals surface area contributed by atoms with Crippen LogP contribution < -0.4 is 4.74 Å². The number of esters is 2. The second-order valence-corrected chi connectivity index (χ2v) is 8.14. The molecular formula is C21H25NO5. The van der Waals surface area contributed by atoms with Gasteiger partial charge in [0.05, 0.1) is 6.04 Å². The molecule has 1 saturated heterocycles. The highest BCUT2D eigenvalue weighted by atomic mass is 16.6. The number of rotatable bonds is 2. The summed E-state index contributed by atoms with van der Waals surface area (Å²) in [7, 11) is 2.06. The Morgan fingerprint density at radius 1 is 1.19 bits per heavy atom. The maximum atomic E-state index is 12.6. The number of Topliss-reactive ketones (excluding diaryl/α,β-unsaturated/α-hetero) is 1. The number of carbonyl (C=O) groups excluding carboxylic acids is 3. The predicted molar refractivity (Wildman–Crippen MR) is 97.5 cm³/mol. The summed E-state index contributed by atoms with van der Waals surface area (Å²) in [6.07, 6.45) is 2.81. The van der Waals surface area contributed by atoms with Crippen molar-refractivity contribution in [3.8, 4) is 5.75 Å². The second kappa shape index (κ2) is 6.16. The third kappa shape index (κ3) is 2.61. The molecule has 1 aliphatic heterocycles. The Bertz CT molecular complexity index is 834. The Labute approximate surface area is 158 Å². The van der Waals surface area contributed by atoms with Gasteiger partial charge in [-0.05, 0) is 56.1 Å². The van der Waals surface area contributed by atoms with Crippen molar-refractivity contribution in [2.45, 2.75) is 63.0 Å². The van der Waals surface area contributed by atoms with Crippen LogP contribution in [-0.4, -0.2) is 47.9 Å². The fourth-order valence-electron chi connectivity index (χ4n) is 5.67. The highest BCUT2D eigenvalue weighted by molar-refractivity contribution is 5.83. The first-order chi connectivity index (χ1) is 12.8. The standard InChI is InChI=1S/C21H25NO5/c1-13(23)26-17-5-4-15-10-19-21(27-14(2)24)7-6-16(25)12-20(21,18(15)11-17)8-9-22(19)3/h4-5,11,19H,6-10,12H2,1-3H3/t19-,20-,21?/m1/s1. The molecule has 1 aromatic rings. The summed E-state index contributed by atoms with van der Waals surface area (Å²) in [5.41, 5.74) is 0.857. The van der Waals surface area contributed by atoms with Gasteiger partial charge in [-0.25, -0.2) is 0 Å². The van der Waals surface area contributed by atoms with Crippen LogP contribution >= 0.6 is 0 Å². The zero-order chi connectivity index (χ0) is 19.4. The number of ether oxygens (including phenoxy) is 2. The highest BCUT2D eigenvalue weighted by Gasteiger charge is 2.67. The lowest BCUT2D eigenvalue weighted by Crippen LogP contribution is -2.73. The van der Waals surface area contributed by atoms with Crippen LogP contribution in [0.15, 0.2) is 18.2 Å². The maximum Gasteiger partial charge on any atom is 0.308 e. The van der Waals surface area contributed by atoms with Crippen LogP contribution in [0.3, 0.4) is 0 Å². The SMILES string of the molecule is CC(=O)Oc1ccc2c(c1)[C@]13CCN(C)[C@H](C2)C1(OC(C)=O)CCC(=O)C3. The van der Waals surface area contributed by atoms with Crippen molar-refractivity contribution in [1.29, 1.82) is 0 Å². The van der Waals surface area contributed by atoms with Crippen molar-refractivity contribution < 1.29 is 23.9 Å². The van der Waals surface area contributed by atoms with Crippen LogP contribution in [0.25, 0.3) is 0 Å². The molecule has 3 aliphatic rings. The third-order valence-corrected chi connectivity index (χ3v) is 6.64. The zero-order valence-corrected chi connectivity index (χ0v) is 16.0. The topological polar surface area (TPSA) is 72.9 Å². The van der Waals surface area contributed by atoms with Crippen molar-refractivity contribution in [3.63, 3.8) is 0 Å². The molecule has 0 N–H and O–H groups in total. The number of likely N-dealkylation sites (N-methyl/N-ethyl adjacent to an activating group) is 1. The van der Waals surface area contributed by atoms with Gasteiger partial charge in [-0.2, -0.15) is 0 Å². The van der Waals surface area contributed by atoms with Crippen LogP contribution in [0.4, 0.5) is 0 Å². The first-order valence-electron chi connectivity index (χ1n) is 9.51. The number of piperidine rings is 1. The van der Waals surface area contributed by atoms with E-state index in [4.69, 9.17) is 9.47 Å². The van der Waals surface area contributed by atoms with Gasteiger partial charge in [0.1, 0.15) is 17.1 Å². The van der Waals surface area contributed by atoms with Crippen LogP contribution in [0.2, 0.25) is 0 Å². The van der Waals surface area contributed by atoms with Crippen LogP contribution in [0, 0.1) is 0 Å². The minimum atomic E-state index is -0.721. The quantitative estimate of drug-likeness (QED) is 0.586. The lowest BCUT2D eigenvalue weighted by Gasteiger charge is -2.64. The molecule has 6 nitrogen and oxygen atoms in total. The predicted octanol–water partition coefficient (Wildman–Crippen LogP) is 2.16. The van der Waals surface area contributed by atoms with E-state index in [0.717, 1.165) is 30.5 Å². The summed E-state index contributed by atoms with van der Waals surface area (Å²) in [5.74, 6) is -0.0151. The van der Waals surface area contributed by atoms with Crippen molar-refractivity contribution in [2.24, 2.45) is 0 Å². The average molecular weight is 371 g/mol. The fourth-order valence-corrected chi connectivity index (χ4v) is 5.67. The maximum absolute atomic E-state index is 12.6. The van der Waals surface area contributed by atoms with E-state index in [1.807, 2.05) is 12.1 Å². The smallest absolute Gasteiger partial charge is 0.308 e. The molecule has 4 rings (SSSR count). The lowest BCUT2D eigenvalue weighted by molar-refractivity contribution is -0.203. The summed E-state index contributed by atoms with van der Waals surface area (Å²) in [5, 5.41) is 0. The molecule has 6 heteroatoms. The van der Waals surface area contributed by atoms with Crippen molar-refractivity contribution in [1.82, 2.24) is 4.90 Å². The summed E-state index contributed by atoms with van der Waals surface area (Å²) in [6, 6.07) is 5.71. The largest absolute Gasteiger partial charge is 0.457 e. The fraction of sp³-hybridized carbons (Fsp3) is 0.571. The zero-order valence-electron chi connectivity index (χ0n) is 16.0. The van der Waals surface area contributed by atoms with E-state index in [1.54, 1.807) is 6.07 Å². The number of hydrogen-bond acceptors (Lipinski definition) is 6. The Kier molecular flexibility index (Phi) is 4.14. The molecule has 0 spiro atoms. The number of ketones is 1. The molecule has 1 heterocycles. The minimum absolute atomic E-state index is 0.0373.